The van der Waals surface area contributed by atoms with Crippen molar-refractivity contribution in [3.8, 4) is 11.1 Å². The van der Waals surface area contributed by atoms with Gasteiger partial charge in [0.2, 0.25) is 5.91 Å². The number of nitrogens with zero attached hydrogens (tertiary/aromatic N) is 3. The largest absolute Gasteiger partial charge is 0.305 e. The van der Waals surface area contributed by atoms with Crippen LogP contribution in [0.1, 0.15) is 12.0 Å². The number of hydrogen-bond donors (Lipinski definition) is 1. The molecule has 0 saturated heterocycles. The zero-order valence-corrected chi connectivity index (χ0v) is 16.4. The van der Waals surface area contributed by atoms with Crippen LogP contribution in [0.25, 0.3) is 21.3 Å². The Morgan fingerprint density at radius 2 is 2.11 bits per heavy atom. The van der Waals surface area contributed by atoms with Gasteiger partial charge in [-0.25, -0.2) is 4.98 Å². The van der Waals surface area contributed by atoms with E-state index in [0.717, 1.165) is 23.4 Å². The number of benzene rings is 1. The SMILES string of the molecule is Cc1ccc(-c2csc3ncn(CCC(=O)NC4=NCCS4)c(=O)c23)cc1. The van der Waals surface area contributed by atoms with Gasteiger partial charge in [0.15, 0.2) is 5.17 Å². The number of amides is 1. The summed E-state index contributed by atoms with van der Waals surface area (Å²) in [6.07, 6.45) is 1.73. The van der Waals surface area contributed by atoms with E-state index in [1.807, 2.05) is 36.6 Å². The first-order chi connectivity index (χ1) is 13.1. The van der Waals surface area contributed by atoms with Gasteiger partial charge in [0.05, 0.1) is 18.3 Å². The Bertz CT molecular complexity index is 1080. The van der Waals surface area contributed by atoms with Gasteiger partial charge in [0.25, 0.3) is 5.56 Å². The first kappa shape index (κ1) is 17.9. The molecule has 0 saturated carbocycles. The summed E-state index contributed by atoms with van der Waals surface area (Å²) in [5, 5.41) is 6.03. The number of aryl methyl sites for hydroxylation is 2. The number of amidine groups is 1. The fraction of sp³-hybridized carbons (Fsp3) is 0.263. The van der Waals surface area contributed by atoms with E-state index in [1.54, 1.807) is 0 Å². The summed E-state index contributed by atoms with van der Waals surface area (Å²) in [5.41, 5.74) is 2.95. The van der Waals surface area contributed by atoms with Gasteiger partial charge in [-0.2, -0.15) is 0 Å². The van der Waals surface area contributed by atoms with Crippen molar-refractivity contribution >= 4 is 44.4 Å². The molecule has 1 amide bonds. The fourth-order valence-corrected chi connectivity index (χ4v) is 4.54. The second kappa shape index (κ2) is 7.66. The number of hydrogen-bond acceptors (Lipinski definition) is 6. The molecular formula is C19H18N4O2S2. The van der Waals surface area contributed by atoms with Gasteiger partial charge < -0.3 is 5.32 Å². The Kier molecular flexibility index (Phi) is 5.09. The van der Waals surface area contributed by atoms with Crippen molar-refractivity contribution in [2.75, 3.05) is 12.3 Å². The lowest BCUT2D eigenvalue weighted by atomic mass is 10.1. The topological polar surface area (TPSA) is 76.3 Å². The van der Waals surface area contributed by atoms with Crippen LogP contribution in [0.5, 0.6) is 0 Å². The lowest BCUT2D eigenvalue weighted by Crippen LogP contribution is -2.30. The Balaban J connectivity index is 1.58. The molecule has 0 atom stereocenters. The Hall–Kier alpha value is -2.45. The quantitative estimate of drug-likeness (QED) is 0.733. The molecule has 2 aromatic heterocycles. The van der Waals surface area contributed by atoms with Crippen molar-refractivity contribution in [3.63, 3.8) is 0 Å². The van der Waals surface area contributed by atoms with Gasteiger partial charge in [0.1, 0.15) is 4.83 Å². The summed E-state index contributed by atoms with van der Waals surface area (Å²) < 4.78 is 1.51. The van der Waals surface area contributed by atoms with Crippen LogP contribution in [0.2, 0.25) is 0 Å². The van der Waals surface area contributed by atoms with Gasteiger partial charge in [0, 0.05) is 29.7 Å². The van der Waals surface area contributed by atoms with Crippen molar-refractivity contribution in [2.24, 2.45) is 4.99 Å². The Labute approximate surface area is 164 Å². The van der Waals surface area contributed by atoms with Crippen LogP contribution in [-0.4, -0.2) is 32.9 Å². The molecule has 0 spiro atoms. The van der Waals surface area contributed by atoms with Gasteiger partial charge >= 0.3 is 0 Å². The summed E-state index contributed by atoms with van der Waals surface area (Å²) in [4.78, 5) is 34.4. The lowest BCUT2D eigenvalue weighted by molar-refractivity contribution is -0.119. The molecule has 1 aliphatic rings. The number of aromatic nitrogens is 2. The molecule has 4 rings (SSSR count). The molecule has 0 fully saturated rings. The van der Waals surface area contributed by atoms with Crippen LogP contribution < -0.4 is 10.9 Å². The second-order valence-electron chi connectivity index (χ2n) is 6.27. The summed E-state index contributed by atoms with van der Waals surface area (Å²) in [7, 11) is 0. The number of aliphatic imine (C=N–C) groups is 1. The molecule has 0 bridgehead atoms. The summed E-state index contributed by atoms with van der Waals surface area (Å²) in [6, 6.07) is 8.09. The minimum Gasteiger partial charge on any atom is -0.305 e. The van der Waals surface area contributed by atoms with E-state index in [-0.39, 0.29) is 24.4 Å². The molecule has 8 heteroatoms. The average molecular weight is 399 g/mol. The van der Waals surface area contributed by atoms with Crippen LogP contribution in [0, 0.1) is 6.92 Å². The smallest absolute Gasteiger partial charge is 0.262 e. The standard InChI is InChI=1S/C19H18N4O2S2/c1-12-2-4-13(5-3-12)14-10-27-17-16(14)18(25)23(11-21-17)8-6-15(24)22-19-20-7-9-26-19/h2-5,10-11H,6-9H2,1H3,(H,20,22,24). The highest BCUT2D eigenvalue weighted by Crippen LogP contribution is 2.30. The van der Waals surface area contributed by atoms with Crippen molar-refractivity contribution in [3.05, 3.63) is 51.9 Å². The van der Waals surface area contributed by atoms with Gasteiger partial charge in [-0.15, -0.1) is 11.3 Å². The minimum atomic E-state index is -0.140. The average Bonchev–Trinajstić information content (AvgIpc) is 3.32. The van der Waals surface area contributed by atoms with E-state index in [1.165, 1.54) is 39.6 Å². The van der Waals surface area contributed by atoms with Crippen LogP contribution >= 0.6 is 23.1 Å². The third-order valence-electron chi connectivity index (χ3n) is 4.33. The molecule has 1 N–H and O–H groups in total. The van der Waals surface area contributed by atoms with Gasteiger partial charge in [-0.05, 0) is 12.5 Å². The van der Waals surface area contributed by atoms with Crippen molar-refractivity contribution < 1.29 is 4.79 Å². The number of carbonyl (C=O) groups excluding carboxylic acids is 1. The fourth-order valence-electron chi connectivity index (χ4n) is 2.89. The van der Waals surface area contributed by atoms with Crippen LogP contribution in [0.3, 0.4) is 0 Å². The molecule has 3 aromatic rings. The second-order valence-corrected chi connectivity index (χ2v) is 8.21. The maximum absolute atomic E-state index is 13.0. The zero-order chi connectivity index (χ0) is 18.8. The van der Waals surface area contributed by atoms with Gasteiger partial charge in [-0.3, -0.25) is 19.1 Å². The highest BCUT2D eigenvalue weighted by atomic mass is 32.2. The predicted molar refractivity (Wildman–Crippen MR) is 112 cm³/mol. The third kappa shape index (κ3) is 3.81. The number of rotatable bonds is 4. The van der Waals surface area contributed by atoms with E-state index >= 15 is 0 Å². The maximum atomic E-state index is 13.0. The molecule has 0 radical (unpaired) electrons. The van der Waals surface area contributed by atoms with E-state index in [9.17, 15) is 9.59 Å². The van der Waals surface area contributed by atoms with Crippen LogP contribution in [0.15, 0.2) is 45.8 Å². The first-order valence-corrected chi connectivity index (χ1v) is 10.5. The summed E-state index contributed by atoms with van der Waals surface area (Å²) >= 11 is 3.00. The van der Waals surface area contributed by atoms with E-state index in [2.05, 4.69) is 15.3 Å². The predicted octanol–water partition coefficient (Wildman–Crippen LogP) is 3.04. The highest BCUT2D eigenvalue weighted by Gasteiger charge is 2.15. The zero-order valence-electron chi connectivity index (χ0n) is 14.8. The van der Waals surface area contributed by atoms with Gasteiger partial charge in [-0.1, -0.05) is 41.6 Å². The van der Waals surface area contributed by atoms with E-state index in [0.29, 0.717) is 15.4 Å². The number of carbonyl (C=O) groups is 1. The third-order valence-corrected chi connectivity index (χ3v) is 6.11. The molecule has 1 aromatic carbocycles. The van der Waals surface area contributed by atoms with E-state index in [4.69, 9.17) is 0 Å². The first-order valence-electron chi connectivity index (χ1n) is 8.62. The maximum Gasteiger partial charge on any atom is 0.262 e. The number of thiophene rings is 1. The van der Waals surface area contributed by atoms with Crippen molar-refractivity contribution in [1.29, 1.82) is 0 Å². The molecule has 1 aliphatic heterocycles. The molecule has 0 aliphatic carbocycles. The molecule has 3 heterocycles. The van der Waals surface area contributed by atoms with Crippen molar-refractivity contribution in [2.45, 2.75) is 19.9 Å². The molecule has 6 nitrogen and oxygen atoms in total. The molecule has 27 heavy (non-hydrogen) atoms. The molecule has 0 unspecified atom stereocenters. The minimum absolute atomic E-state index is 0.114. The van der Waals surface area contributed by atoms with Crippen molar-refractivity contribution in [1.82, 2.24) is 14.9 Å². The number of fused-ring (bicyclic) bond motifs is 1. The molecule has 138 valence electrons. The summed E-state index contributed by atoms with van der Waals surface area (Å²) in [5.74, 6) is 0.759. The monoisotopic (exact) mass is 398 g/mol. The number of nitrogens with one attached hydrogen (secondary N) is 1. The van der Waals surface area contributed by atoms with E-state index < -0.39 is 0 Å². The summed E-state index contributed by atoms with van der Waals surface area (Å²) in [6.45, 7) is 3.06. The Morgan fingerprint density at radius 3 is 2.85 bits per heavy atom. The molecular weight excluding hydrogens is 380 g/mol. The van der Waals surface area contributed by atoms with Crippen LogP contribution in [0.4, 0.5) is 0 Å². The normalized spacial score (nSPS) is 13.7. The number of thioether (sulfide) groups is 1. The lowest BCUT2D eigenvalue weighted by Gasteiger charge is -2.07. The van der Waals surface area contributed by atoms with Crippen LogP contribution in [-0.2, 0) is 11.3 Å². The Morgan fingerprint density at radius 1 is 1.30 bits per heavy atom. The highest BCUT2D eigenvalue weighted by molar-refractivity contribution is 8.14.